The largest absolute Gasteiger partial charge is 0.338 e. The van der Waals surface area contributed by atoms with Gasteiger partial charge < -0.3 is 5.32 Å². The molecule has 0 bridgehead atoms. The molecule has 0 unspecified atom stereocenters. The van der Waals surface area contributed by atoms with Gasteiger partial charge in [-0.1, -0.05) is 39.7 Å². The van der Waals surface area contributed by atoms with Crippen molar-refractivity contribution in [3.8, 4) is 0 Å². The zero-order valence-corrected chi connectivity index (χ0v) is 13.2. The number of rotatable bonds is 2. The SMILES string of the molecule is Clc1nc(Nc2cc(Br)ccc2Cl)c2ccccc2n1. The number of benzene rings is 2. The first kappa shape index (κ1) is 13.6. The van der Waals surface area contributed by atoms with Gasteiger partial charge in [-0.2, -0.15) is 4.98 Å². The molecule has 100 valence electrons. The topological polar surface area (TPSA) is 37.8 Å². The van der Waals surface area contributed by atoms with Gasteiger partial charge in [0.2, 0.25) is 5.28 Å². The van der Waals surface area contributed by atoms with Crippen LogP contribution in [0.15, 0.2) is 46.9 Å². The molecule has 1 aromatic heterocycles. The van der Waals surface area contributed by atoms with Crippen LogP contribution in [-0.4, -0.2) is 9.97 Å². The third-order valence-electron chi connectivity index (χ3n) is 2.76. The summed E-state index contributed by atoms with van der Waals surface area (Å²) in [6, 6.07) is 13.2. The van der Waals surface area contributed by atoms with Crippen LogP contribution in [0.2, 0.25) is 10.3 Å². The maximum atomic E-state index is 6.18. The fourth-order valence-corrected chi connectivity index (χ4v) is 2.57. The van der Waals surface area contributed by atoms with Gasteiger partial charge in [0.15, 0.2) is 0 Å². The van der Waals surface area contributed by atoms with Crippen LogP contribution in [-0.2, 0) is 0 Å². The van der Waals surface area contributed by atoms with E-state index in [-0.39, 0.29) is 5.28 Å². The summed E-state index contributed by atoms with van der Waals surface area (Å²) in [5.74, 6) is 0.626. The van der Waals surface area contributed by atoms with E-state index >= 15 is 0 Å². The van der Waals surface area contributed by atoms with Gasteiger partial charge in [-0.15, -0.1) is 0 Å². The Labute approximate surface area is 134 Å². The van der Waals surface area contributed by atoms with E-state index in [1.54, 1.807) is 6.07 Å². The second-order valence-corrected chi connectivity index (χ2v) is 5.77. The number of para-hydroxylation sites is 1. The molecule has 2 aromatic carbocycles. The Bertz CT molecular complexity index is 792. The first-order valence-corrected chi connectivity index (χ1v) is 7.33. The molecule has 0 fully saturated rings. The van der Waals surface area contributed by atoms with Crippen molar-refractivity contribution in [2.24, 2.45) is 0 Å². The quantitative estimate of drug-likeness (QED) is 0.611. The summed E-state index contributed by atoms with van der Waals surface area (Å²) in [6.45, 7) is 0. The van der Waals surface area contributed by atoms with Crippen LogP contribution in [0.3, 0.4) is 0 Å². The lowest BCUT2D eigenvalue weighted by atomic mass is 10.2. The second-order valence-electron chi connectivity index (χ2n) is 4.11. The predicted octanol–water partition coefficient (Wildman–Crippen LogP) is 5.44. The molecule has 20 heavy (non-hydrogen) atoms. The number of hydrogen-bond donors (Lipinski definition) is 1. The fraction of sp³-hybridized carbons (Fsp3) is 0. The summed E-state index contributed by atoms with van der Waals surface area (Å²) >= 11 is 15.6. The van der Waals surface area contributed by atoms with Gasteiger partial charge in [-0.25, -0.2) is 4.98 Å². The number of anilines is 2. The van der Waals surface area contributed by atoms with E-state index in [2.05, 4.69) is 31.2 Å². The molecule has 0 aliphatic rings. The number of halogens is 3. The van der Waals surface area contributed by atoms with Gasteiger partial charge in [0.1, 0.15) is 5.82 Å². The Kier molecular flexibility index (Phi) is 3.78. The maximum absolute atomic E-state index is 6.18. The van der Waals surface area contributed by atoms with E-state index in [1.165, 1.54) is 0 Å². The molecule has 0 amide bonds. The maximum Gasteiger partial charge on any atom is 0.224 e. The standard InChI is InChI=1S/C14H8BrCl2N3/c15-8-5-6-10(16)12(7-8)18-13-9-3-1-2-4-11(9)19-14(17)20-13/h1-7H,(H,18,19,20). The van der Waals surface area contributed by atoms with Crippen LogP contribution in [0, 0.1) is 0 Å². The molecule has 6 heteroatoms. The molecule has 0 aliphatic heterocycles. The van der Waals surface area contributed by atoms with Crippen molar-refractivity contribution in [1.82, 2.24) is 9.97 Å². The highest BCUT2D eigenvalue weighted by atomic mass is 79.9. The van der Waals surface area contributed by atoms with E-state index < -0.39 is 0 Å². The number of hydrogen-bond acceptors (Lipinski definition) is 3. The first-order valence-electron chi connectivity index (χ1n) is 5.78. The molecule has 0 spiro atoms. The molecule has 3 nitrogen and oxygen atoms in total. The van der Waals surface area contributed by atoms with Crippen LogP contribution in [0.25, 0.3) is 10.9 Å². The Morgan fingerprint density at radius 2 is 1.80 bits per heavy atom. The Balaban J connectivity index is 2.13. The molecule has 1 heterocycles. The van der Waals surface area contributed by atoms with Crippen LogP contribution in [0.1, 0.15) is 0 Å². The van der Waals surface area contributed by atoms with E-state index in [1.807, 2.05) is 36.4 Å². The lowest BCUT2D eigenvalue weighted by molar-refractivity contribution is 1.22. The van der Waals surface area contributed by atoms with Crippen LogP contribution in [0.5, 0.6) is 0 Å². The van der Waals surface area contributed by atoms with Gasteiger partial charge in [0.25, 0.3) is 0 Å². The smallest absolute Gasteiger partial charge is 0.224 e. The summed E-state index contributed by atoms with van der Waals surface area (Å²) in [4.78, 5) is 8.43. The predicted molar refractivity (Wildman–Crippen MR) is 87.0 cm³/mol. The van der Waals surface area contributed by atoms with Crippen molar-refractivity contribution in [3.63, 3.8) is 0 Å². The van der Waals surface area contributed by atoms with Gasteiger partial charge in [0.05, 0.1) is 16.2 Å². The van der Waals surface area contributed by atoms with Crippen molar-refractivity contribution in [3.05, 3.63) is 57.2 Å². The summed E-state index contributed by atoms with van der Waals surface area (Å²) in [5.41, 5.74) is 1.53. The number of nitrogens with zero attached hydrogens (tertiary/aromatic N) is 2. The van der Waals surface area contributed by atoms with Gasteiger partial charge in [-0.3, -0.25) is 0 Å². The third kappa shape index (κ3) is 2.73. The monoisotopic (exact) mass is 367 g/mol. The third-order valence-corrected chi connectivity index (χ3v) is 3.75. The zero-order valence-electron chi connectivity index (χ0n) is 10.1. The van der Waals surface area contributed by atoms with Gasteiger partial charge in [-0.05, 0) is 41.9 Å². The summed E-state index contributed by atoms with van der Waals surface area (Å²) in [6.07, 6.45) is 0. The van der Waals surface area contributed by atoms with Crippen molar-refractivity contribution < 1.29 is 0 Å². The first-order chi connectivity index (χ1) is 9.63. The fourth-order valence-electron chi connectivity index (χ4n) is 1.86. The average molecular weight is 369 g/mol. The van der Waals surface area contributed by atoms with Crippen LogP contribution >= 0.6 is 39.1 Å². The molecule has 3 aromatic rings. The average Bonchev–Trinajstić information content (AvgIpc) is 2.43. The van der Waals surface area contributed by atoms with Gasteiger partial charge >= 0.3 is 0 Å². The molecule has 0 radical (unpaired) electrons. The highest BCUT2D eigenvalue weighted by Gasteiger charge is 2.08. The number of fused-ring (bicyclic) bond motifs is 1. The minimum atomic E-state index is 0.192. The summed E-state index contributed by atoms with van der Waals surface area (Å²) in [5, 5.41) is 4.88. The molecule has 0 saturated heterocycles. The van der Waals surface area contributed by atoms with Gasteiger partial charge in [0, 0.05) is 9.86 Å². The van der Waals surface area contributed by atoms with Crippen LogP contribution in [0.4, 0.5) is 11.5 Å². The number of nitrogens with one attached hydrogen (secondary N) is 1. The zero-order chi connectivity index (χ0) is 14.1. The molecule has 0 atom stereocenters. The summed E-state index contributed by atoms with van der Waals surface area (Å²) in [7, 11) is 0. The van der Waals surface area contributed by atoms with Crippen molar-refractivity contribution in [2.45, 2.75) is 0 Å². The Morgan fingerprint density at radius 1 is 1.00 bits per heavy atom. The number of aromatic nitrogens is 2. The Morgan fingerprint density at radius 3 is 2.65 bits per heavy atom. The molecule has 3 rings (SSSR count). The van der Waals surface area contributed by atoms with E-state index in [4.69, 9.17) is 23.2 Å². The van der Waals surface area contributed by atoms with Crippen LogP contribution < -0.4 is 5.32 Å². The minimum absolute atomic E-state index is 0.192. The lowest BCUT2D eigenvalue weighted by Gasteiger charge is -2.10. The molecule has 0 saturated carbocycles. The van der Waals surface area contributed by atoms with Crippen molar-refractivity contribution in [2.75, 3.05) is 5.32 Å². The highest BCUT2D eigenvalue weighted by molar-refractivity contribution is 9.10. The minimum Gasteiger partial charge on any atom is -0.338 e. The molecular formula is C14H8BrCl2N3. The highest BCUT2D eigenvalue weighted by Crippen LogP contribution is 2.31. The van der Waals surface area contributed by atoms with Crippen molar-refractivity contribution >= 4 is 61.5 Å². The van der Waals surface area contributed by atoms with Crippen molar-refractivity contribution in [1.29, 1.82) is 0 Å². The second kappa shape index (κ2) is 5.56. The van der Waals surface area contributed by atoms with E-state index in [9.17, 15) is 0 Å². The Hall–Kier alpha value is -1.36. The molecule has 0 aliphatic carbocycles. The molecular weight excluding hydrogens is 361 g/mol. The van der Waals surface area contributed by atoms with E-state index in [0.717, 1.165) is 21.1 Å². The van der Waals surface area contributed by atoms with E-state index in [0.29, 0.717) is 10.8 Å². The summed E-state index contributed by atoms with van der Waals surface area (Å²) < 4.78 is 0.925. The lowest BCUT2D eigenvalue weighted by Crippen LogP contribution is -1.97. The molecule has 1 N–H and O–H groups in total. The normalized spacial score (nSPS) is 10.8.